The molecule has 2 aliphatic carbocycles. The van der Waals surface area contributed by atoms with Gasteiger partial charge in [-0.2, -0.15) is 0 Å². The third-order valence-corrected chi connectivity index (χ3v) is 38.7. The van der Waals surface area contributed by atoms with Gasteiger partial charge in [0.15, 0.2) is 0 Å². The van der Waals surface area contributed by atoms with Gasteiger partial charge in [-0.3, -0.25) is 0 Å². The summed E-state index contributed by atoms with van der Waals surface area (Å²) in [6, 6.07) is 41.3. The Morgan fingerprint density at radius 2 is 0.953 bits per heavy atom. The van der Waals surface area contributed by atoms with Gasteiger partial charge in [0.2, 0.25) is 0 Å². The van der Waals surface area contributed by atoms with Gasteiger partial charge in [0.1, 0.15) is 0 Å². The summed E-state index contributed by atoms with van der Waals surface area (Å²) in [4.78, 5) is 0. The quantitative estimate of drug-likeness (QED) is 0.156. The first-order chi connectivity index (χ1) is 21.0. The molecular formula is C38H42Cl2HfSi2. The summed E-state index contributed by atoms with van der Waals surface area (Å²) in [5.41, 5.74) is 13.1. The maximum absolute atomic E-state index is 8.17. The van der Waals surface area contributed by atoms with Gasteiger partial charge >= 0.3 is 274 Å². The van der Waals surface area contributed by atoms with E-state index >= 15 is 0 Å². The van der Waals surface area contributed by atoms with Gasteiger partial charge in [0.05, 0.1) is 0 Å². The van der Waals surface area contributed by atoms with E-state index in [0.29, 0.717) is 11.1 Å². The van der Waals surface area contributed by atoms with E-state index in [-0.39, 0.29) is 0 Å². The molecule has 0 bridgehead atoms. The number of rotatable bonds is 8. The van der Waals surface area contributed by atoms with Gasteiger partial charge < -0.3 is 0 Å². The molecule has 2 atom stereocenters. The average Bonchev–Trinajstić information content (AvgIpc) is 3.50. The molecule has 0 N–H and O–H groups in total. The van der Waals surface area contributed by atoms with E-state index in [1.54, 1.807) is 22.3 Å². The zero-order valence-electron chi connectivity index (χ0n) is 25.6. The van der Waals surface area contributed by atoms with Crippen molar-refractivity contribution in [2.75, 3.05) is 0 Å². The van der Waals surface area contributed by atoms with Crippen LogP contribution in [-0.4, -0.2) is 16.1 Å². The second-order valence-corrected chi connectivity index (χ2v) is 42.5. The fraction of sp³-hybridized carbons (Fsp3) is 0.368. The summed E-state index contributed by atoms with van der Waals surface area (Å²) >= 11 is -4.33. The van der Waals surface area contributed by atoms with E-state index in [1.165, 1.54) is 90.8 Å². The van der Waals surface area contributed by atoms with Crippen LogP contribution in [0.4, 0.5) is 0 Å². The Balaban J connectivity index is 1.35. The van der Waals surface area contributed by atoms with Gasteiger partial charge in [0, 0.05) is 0 Å². The Morgan fingerprint density at radius 1 is 0.558 bits per heavy atom. The molecule has 0 nitrogen and oxygen atoms in total. The summed E-state index contributed by atoms with van der Waals surface area (Å²) in [5, 5.41) is 0. The predicted octanol–water partition coefficient (Wildman–Crippen LogP) is 10.9. The van der Waals surface area contributed by atoms with E-state index in [2.05, 4.69) is 98.8 Å². The van der Waals surface area contributed by atoms with Crippen LogP contribution in [0.5, 0.6) is 0 Å². The average molecular weight is 804 g/mol. The van der Waals surface area contributed by atoms with Gasteiger partial charge in [-0.1, -0.05) is 0 Å². The third kappa shape index (κ3) is 4.20. The van der Waals surface area contributed by atoms with Gasteiger partial charge in [0.25, 0.3) is 0 Å². The minimum absolute atomic E-state index is 0.540. The number of benzene rings is 4. The first-order valence-corrected chi connectivity index (χ1v) is 34.7. The molecular weight excluding hydrogens is 762 g/mol. The van der Waals surface area contributed by atoms with Crippen molar-refractivity contribution in [2.45, 2.75) is 86.9 Å². The zero-order valence-corrected chi connectivity index (χ0v) is 32.7. The van der Waals surface area contributed by atoms with Crippen molar-refractivity contribution in [2.24, 2.45) is 0 Å². The van der Waals surface area contributed by atoms with E-state index < -0.39 is 33.8 Å². The van der Waals surface area contributed by atoms with Crippen molar-refractivity contribution < 1.29 is 17.6 Å². The second-order valence-electron chi connectivity index (χ2n) is 14.1. The molecule has 5 heteroatoms. The molecule has 2 unspecified atom stereocenters. The summed E-state index contributed by atoms with van der Waals surface area (Å²) in [7, 11) is 13.3. The van der Waals surface area contributed by atoms with Crippen molar-refractivity contribution in [3.63, 3.8) is 0 Å². The monoisotopic (exact) mass is 804 g/mol. The van der Waals surface area contributed by atoms with Crippen LogP contribution in [0.2, 0.25) is 36.3 Å². The Morgan fingerprint density at radius 3 is 1.33 bits per heavy atom. The van der Waals surface area contributed by atoms with Crippen LogP contribution in [0.25, 0.3) is 22.3 Å². The molecule has 220 valence electrons. The topological polar surface area (TPSA) is 0 Å². The van der Waals surface area contributed by atoms with Gasteiger partial charge in [-0.25, -0.2) is 0 Å². The Kier molecular flexibility index (Phi) is 7.42. The SMILES string of the molecule is CCC[Si]1(C2c3ccccc3-c3ccc[c]([Hf]([Cl])([Cl])[c]4cccc5c4C([Si]4(CCC)CCC4)c4ccccc4-5)c32)CCC1. The maximum atomic E-state index is 8.17. The molecule has 0 amide bonds. The molecule has 43 heavy (non-hydrogen) atoms. The van der Waals surface area contributed by atoms with Crippen LogP contribution in [0.1, 0.15) is 72.9 Å². The Hall–Kier alpha value is -1.24. The second kappa shape index (κ2) is 10.9. The van der Waals surface area contributed by atoms with Crippen molar-refractivity contribution in [3.8, 4) is 22.3 Å². The molecule has 0 radical (unpaired) electrons. The van der Waals surface area contributed by atoms with Crippen molar-refractivity contribution >= 4 is 39.9 Å². The molecule has 0 spiro atoms. The van der Waals surface area contributed by atoms with Crippen LogP contribution in [-0.2, 0) is 17.6 Å². The number of hydrogen-bond donors (Lipinski definition) is 0. The van der Waals surface area contributed by atoms with Crippen LogP contribution in [0, 0.1) is 0 Å². The van der Waals surface area contributed by atoms with Gasteiger partial charge in [-0.05, 0) is 0 Å². The van der Waals surface area contributed by atoms with E-state index in [4.69, 9.17) is 17.2 Å². The van der Waals surface area contributed by atoms with Gasteiger partial charge in [-0.15, -0.1) is 0 Å². The molecule has 4 aliphatic rings. The third-order valence-electron chi connectivity index (χ3n) is 12.0. The van der Waals surface area contributed by atoms with Crippen LogP contribution in [0.3, 0.4) is 0 Å². The van der Waals surface area contributed by atoms with Crippen LogP contribution in [0.15, 0.2) is 84.9 Å². The van der Waals surface area contributed by atoms with E-state index in [0.717, 1.165) is 0 Å². The first-order valence-electron chi connectivity index (χ1n) is 16.8. The molecule has 2 fully saturated rings. The normalized spacial score (nSPS) is 22.1. The standard InChI is InChI=1S/2C19H21Si.2ClH.Hf/c2*1-2-12-20(13-7-14-20)19-17-10-5-3-8-15(17)16-9-4-6-11-18(16)19;;;/h2*3-6,8-10,19H,2,7,12-14H2,1H3;2*1H;/q;;;;+2/p-2. The van der Waals surface area contributed by atoms with E-state index in [9.17, 15) is 0 Å². The molecule has 4 aromatic carbocycles. The Labute approximate surface area is 271 Å². The fourth-order valence-corrected chi connectivity index (χ4v) is 35.1. The predicted molar refractivity (Wildman–Crippen MR) is 189 cm³/mol. The summed E-state index contributed by atoms with van der Waals surface area (Å²) in [6.07, 6.45) is 5.37. The van der Waals surface area contributed by atoms with Crippen molar-refractivity contribution in [1.29, 1.82) is 0 Å². The molecule has 0 saturated carbocycles. The Bertz CT molecular complexity index is 1600. The summed E-state index contributed by atoms with van der Waals surface area (Å²) in [6.45, 7) is 4.80. The molecule has 2 heterocycles. The molecule has 2 aliphatic heterocycles. The molecule has 4 aromatic rings. The zero-order chi connectivity index (χ0) is 29.4. The van der Waals surface area contributed by atoms with Crippen LogP contribution >= 0.6 is 17.2 Å². The first kappa shape index (κ1) is 29.2. The number of hydrogen-bond acceptors (Lipinski definition) is 0. The molecule has 8 rings (SSSR count). The minimum atomic E-state index is -4.33. The van der Waals surface area contributed by atoms with Crippen molar-refractivity contribution in [1.82, 2.24) is 0 Å². The molecule has 2 saturated heterocycles. The fourth-order valence-electron chi connectivity index (χ4n) is 10.1. The number of fused-ring (bicyclic) bond motifs is 6. The van der Waals surface area contributed by atoms with Crippen LogP contribution < -0.4 is 6.64 Å². The van der Waals surface area contributed by atoms with E-state index in [1.807, 2.05) is 0 Å². The molecule has 0 aromatic heterocycles. The number of halogens is 2. The van der Waals surface area contributed by atoms with Crippen molar-refractivity contribution in [3.05, 3.63) is 107 Å². The summed E-state index contributed by atoms with van der Waals surface area (Å²) < 4.78 is 2.74. The summed E-state index contributed by atoms with van der Waals surface area (Å²) in [5.74, 6) is 0.